The van der Waals surface area contributed by atoms with Crippen LogP contribution in [0.2, 0.25) is 0 Å². The van der Waals surface area contributed by atoms with Crippen molar-refractivity contribution in [3.05, 3.63) is 66.5 Å². The monoisotopic (exact) mass is 372 g/mol. The van der Waals surface area contributed by atoms with Gasteiger partial charge < -0.3 is 5.32 Å². The van der Waals surface area contributed by atoms with Gasteiger partial charge in [0.25, 0.3) is 5.91 Å². The summed E-state index contributed by atoms with van der Waals surface area (Å²) >= 11 is 1.59. The standard InChI is InChI=1S/C21H16N4OS/c1-2-3-12-25-18-9-8-15(24-16-10-11-22-23-14-16)13-20(18)27-19-7-5-4-6-17(19)21(25)26/h4-11,13-14H,12H2,1H3,(H,22,24). The number of carbonyl (C=O) groups is 1. The Morgan fingerprint density at radius 3 is 2.78 bits per heavy atom. The van der Waals surface area contributed by atoms with Gasteiger partial charge in [0, 0.05) is 15.5 Å². The van der Waals surface area contributed by atoms with Crippen molar-refractivity contribution in [1.29, 1.82) is 0 Å². The third-order valence-electron chi connectivity index (χ3n) is 4.12. The number of aromatic nitrogens is 2. The van der Waals surface area contributed by atoms with Crippen LogP contribution in [0, 0.1) is 11.8 Å². The molecule has 0 fully saturated rings. The summed E-state index contributed by atoms with van der Waals surface area (Å²) in [5.74, 6) is 5.87. The Hall–Kier alpha value is -3.30. The number of benzene rings is 2. The molecular formula is C21H16N4OS. The maximum atomic E-state index is 13.1. The number of hydrogen-bond acceptors (Lipinski definition) is 5. The summed E-state index contributed by atoms with van der Waals surface area (Å²) in [6.07, 6.45) is 3.31. The molecule has 1 amide bonds. The van der Waals surface area contributed by atoms with Crippen molar-refractivity contribution in [2.24, 2.45) is 0 Å². The van der Waals surface area contributed by atoms with Gasteiger partial charge in [-0.2, -0.15) is 10.2 Å². The zero-order valence-corrected chi connectivity index (χ0v) is 15.5. The van der Waals surface area contributed by atoms with Crippen LogP contribution in [-0.4, -0.2) is 22.6 Å². The van der Waals surface area contributed by atoms with Crippen LogP contribution in [0.15, 0.2) is 70.7 Å². The second-order valence-electron chi connectivity index (χ2n) is 5.85. The molecule has 4 rings (SSSR count). The number of rotatable bonds is 3. The van der Waals surface area contributed by atoms with E-state index in [4.69, 9.17) is 0 Å². The fourth-order valence-electron chi connectivity index (χ4n) is 2.85. The van der Waals surface area contributed by atoms with Crippen molar-refractivity contribution in [2.75, 3.05) is 16.8 Å². The molecule has 1 N–H and O–H groups in total. The lowest BCUT2D eigenvalue weighted by Gasteiger charge is -2.21. The van der Waals surface area contributed by atoms with Gasteiger partial charge in [-0.05, 0) is 43.3 Å². The van der Waals surface area contributed by atoms with Gasteiger partial charge in [0.05, 0.1) is 35.9 Å². The number of nitrogens with one attached hydrogen (secondary N) is 1. The molecule has 6 heteroatoms. The molecule has 1 aliphatic heterocycles. The Labute approximate surface area is 161 Å². The smallest absolute Gasteiger partial charge is 0.260 e. The molecule has 2 heterocycles. The average molecular weight is 372 g/mol. The van der Waals surface area contributed by atoms with Gasteiger partial charge in [-0.25, -0.2) is 0 Å². The predicted octanol–water partition coefficient (Wildman–Crippen LogP) is 4.35. The van der Waals surface area contributed by atoms with Crippen LogP contribution in [0.3, 0.4) is 0 Å². The van der Waals surface area contributed by atoms with Gasteiger partial charge in [0.2, 0.25) is 0 Å². The lowest BCUT2D eigenvalue weighted by atomic mass is 10.1. The molecule has 1 aromatic heterocycles. The lowest BCUT2D eigenvalue weighted by molar-refractivity contribution is 0.0987. The Bertz CT molecular complexity index is 1060. The summed E-state index contributed by atoms with van der Waals surface area (Å²) in [5, 5.41) is 11.0. The van der Waals surface area contributed by atoms with E-state index in [1.165, 1.54) is 0 Å². The summed E-state index contributed by atoms with van der Waals surface area (Å²) < 4.78 is 0. The van der Waals surface area contributed by atoms with E-state index in [-0.39, 0.29) is 5.91 Å². The lowest BCUT2D eigenvalue weighted by Crippen LogP contribution is -2.31. The summed E-state index contributed by atoms with van der Waals surface area (Å²) in [6.45, 7) is 2.14. The number of nitrogens with zero attached hydrogens (tertiary/aromatic N) is 3. The first-order valence-electron chi connectivity index (χ1n) is 8.42. The Kier molecular flexibility index (Phi) is 4.77. The minimum Gasteiger partial charge on any atom is -0.354 e. The minimum absolute atomic E-state index is 0.0290. The quantitative estimate of drug-likeness (QED) is 0.693. The zero-order valence-electron chi connectivity index (χ0n) is 14.6. The highest BCUT2D eigenvalue weighted by atomic mass is 32.2. The van der Waals surface area contributed by atoms with Gasteiger partial charge in [0.1, 0.15) is 0 Å². The van der Waals surface area contributed by atoms with Crippen LogP contribution in [0.5, 0.6) is 0 Å². The zero-order chi connectivity index (χ0) is 18.6. The number of anilines is 3. The predicted molar refractivity (Wildman–Crippen MR) is 107 cm³/mol. The van der Waals surface area contributed by atoms with E-state index in [1.807, 2.05) is 48.5 Å². The third kappa shape index (κ3) is 3.50. The number of amides is 1. The van der Waals surface area contributed by atoms with E-state index in [0.29, 0.717) is 12.1 Å². The van der Waals surface area contributed by atoms with Gasteiger partial charge in [-0.15, -0.1) is 5.92 Å². The second kappa shape index (κ2) is 7.52. The molecule has 0 radical (unpaired) electrons. The van der Waals surface area contributed by atoms with Crippen LogP contribution < -0.4 is 10.2 Å². The Balaban J connectivity index is 1.77. The number of carbonyl (C=O) groups excluding carboxylic acids is 1. The second-order valence-corrected chi connectivity index (χ2v) is 6.94. The molecule has 0 saturated heterocycles. The van der Waals surface area contributed by atoms with Gasteiger partial charge in [0.15, 0.2) is 0 Å². The van der Waals surface area contributed by atoms with Crippen LogP contribution in [0.4, 0.5) is 17.1 Å². The molecule has 0 atom stereocenters. The van der Waals surface area contributed by atoms with Crippen molar-refractivity contribution >= 4 is 34.7 Å². The van der Waals surface area contributed by atoms with E-state index in [9.17, 15) is 4.79 Å². The molecule has 5 nitrogen and oxygen atoms in total. The van der Waals surface area contributed by atoms with Crippen LogP contribution in [0.25, 0.3) is 0 Å². The van der Waals surface area contributed by atoms with E-state index in [1.54, 1.807) is 36.0 Å². The Morgan fingerprint density at radius 1 is 1.07 bits per heavy atom. The topological polar surface area (TPSA) is 58.1 Å². The molecule has 0 bridgehead atoms. The summed E-state index contributed by atoms with van der Waals surface area (Å²) in [7, 11) is 0. The largest absolute Gasteiger partial charge is 0.354 e. The molecule has 27 heavy (non-hydrogen) atoms. The normalized spacial score (nSPS) is 12.3. The average Bonchev–Trinajstić information content (AvgIpc) is 2.81. The van der Waals surface area contributed by atoms with Crippen LogP contribution in [-0.2, 0) is 0 Å². The van der Waals surface area contributed by atoms with Crippen molar-refractivity contribution in [1.82, 2.24) is 10.2 Å². The van der Waals surface area contributed by atoms with E-state index in [0.717, 1.165) is 26.9 Å². The molecule has 0 saturated carbocycles. The molecule has 2 aromatic carbocycles. The fourth-order valence-corrected chi connectivity index (χ4v) is 3.97. The summed E-state index contributed by atoms with van der Waals surface area (Å²) in [5.41, 5.74) is 3.34. The molecule has 0 unspecified atom stereocenters. The summed E-state index contributed by atoms with van der Waals surface area (Å²) in [4.78, 5) is 16.8. The summed E-state index contributed by atoms with van der Waals surface area (Å²) in [6, 6.07) is 15.5. The highest BCUT2D eigenvalue weighted by Gasteiger charge is 2.26. The molecular weight excluding hydrogens is 356 g/mol. The minimum atomic E-state index is -0.0290. The number of fused-ring (bicyclic) bond motifs is 2. The first-order valence-corrected chi connectivity index (χ1v) is 9.24. The van der Waals surface area contributed by atoms with E-state index >= 15 is 0 Å². The van der Waals surface area contributed by atoms with Crippen molar-refractivity contribution in [3.63, 3.8) is 0 Å². The molecule has 0 aliphatic carbocycles. The molecule has 3 aromatic rings. The van der Waals surface area contributed by atoms with Crippen molar-refractivity contribution < 1.29 is 4.79 Å². The Morgan fingerprint density at radius 2 is 1.96 bits per heavy atom. The fraction of sp³-hybridized carbons (Fsp3) is 0.0952. The van der Waals surface area contributed by atoms with Crippen LogP contribution >= 0.6 is 11.8 Å². The van der Waals surface area contributed by atoms with Gasteiger partial charge >= 0.3 is 0 Å². The number of hydrogen-bond donors (Lipinski definition) is 1. The van der Waals surface area contributed by atoms with E-state index < -0.39 is 0 Å². The highest BCUT2D eigenvalue weighted by molar-refractivity contribution is 7.99. The molecule has 0 spiro atoms. The first kappa shape index (κ1) is 17.1. The first-order chi connectivity index (χ1) is 13.3. The highest BCUT2D eigenvalue weighted by Crippen LogP contribution is 2.42. The van der Waals surface area contributed by atoms with Gasteiger partial charge in [-0.1, -0.05) is 29.8 Å². The molecule has 1 aliphatic rings. The van der Waals surface area contributed by atoms with Crippen molar-refractivity contribution in [2.45, 2.75) is 16.7 Å². The van der Waals surface area contributed by atoms with Gasteiger partial charge in [-0.3, -0.25) is 9.69 Å². The van der Waals surface area contributed by atoms with E-state index in [2.05, 4.69) is 27.4 Å². The maximum absolute atomic E-state index is 13.1. The maximum Gasteiger partial charge on any atom is 0.260 e. The SMILES string of the molecule is CC#CCN1C(=O)c2ccccc2Sc2cc(Nc3ccnnc3)ccc21. The van der Waals surface area contributed by atoms with Crippen LogP contribution in [0.1, 0.15) is 17.3 Å². The van der Waals surface area contributed by atoms with Crippen molar-refractivity contribution in [3.8, 4) is 11.8 Å². The third-order valence-corrected chi connectivity index (χ3v) is 5.24. The molecule has 132 valence electrons.